The van der Waals surface area contributed by atoms with Gasteiger partial charge in [-0.2, -0.15) is 5.26 Å². The number of hydrogen-bond acceptors (Lipinski definition) is 6. The van der Waals surface area contributed by atoms with Gasteiger partial charge in [-0.3, -0.25) is 4.79 Å². The maximum atomic E-state index is 11.9. The van der Waals surface area contributed by atoms with E-state index in [1.807, 2.05) is 60.7 Å². The van der Waals surface area contributed by atoms with Gasteiger partial charge in [0, 0.05) is 13.5 Å². The van der Waals surface area contributed by atoms with Crippen molar-refractivity contribution < 1.29 is 19.4 Å². The Balaban J connectivity index is 1.55. The number of aliphatic hydroxyl groups is 1. The van der Waals surface area contributed by atoms with E-state index in [9.17, 15) is 15.2 Å². The third-order valence-corrected chi connectivity index (χ3v) is 4.32. The first-order chi connectivity index (χ1) is 14.1. The molecule has 2 aromatic carbocycles. The van der Waals surface area contributed by atoms with Crippen molar-refractivity contribution in [2.45, 2.75) is 12.8 Å². The lowest BCUT2D eigenvalue weighted by Crippen LogP contribution is -2.11. The zero-order valence-corrected chi connectivity index (χ0v) is 16.0. The van der Waals surface area contributed by atoms with E-state index >= 15 is 0 Å². The highest BCUT2D eigenvalue weighted by Gasteiger charge is 2.17. The van der Waals surface area contributed by atoms with Gasteiger partial charge in [0.1, 0.15) is 24.0 Å². The molecule has 29 heavy (non-hydrogen) atoms. The molecule has 3 aromatic rings. The van der Waals surface area contributed by atoms with Crippen LogP contribution in [-0.4, -0.2) is 33.8 Å². The van der Waals surface area contributed by atoms with Gasteiger partial charge in [-0.15, -0.1) is 0 Å². The number of carbonyl (C=O) groups is 1. The Morgan fingerprint density at radius 3 is 2.62 bits per heavy atom. The Hall–Kier alpha value is -3.79. The molecule has 3 rings (SSSR count). The highest BCUT2D eigenvalue weighted by atomic mass is 16.5. The topological polar surface area (TPSA) is 97.4 Å². The summed E-state index contributed by atoms with van der Waals surface area (Å²) >= 11 is 0. The molecular weight excluding hydrogens is 370 g/mol. The summed E-state index contributed by atoms with van der Waals surface area (Å²) in [6.45, 7) is -0.00524. The fraction of sp³-hybridized carbons (Fsp3) is 0.227. The predicted octanol–water partition coefficient (Wildman–Crippen LogP) is 3.77. The van der Waals surface area contributed by atoms with Crippen molar-refractivity contribution in [3.8, 4) is 11.8 Å². The Morgan fingerprint density at radius 1 is 1.17 bits per heavy atom. The van der Waals surface area contributed by atoms with Crippen LogP contribution in [0.25, 0.3) is 16.6 Å². The molecule has 1 heterocycles. The molecule has 0 radical (unpaired) electrons. The van der Waals surface area contributed by atoms with Gasteiger partial charge in [-0.05, 0) is 30.7 Å². The molecule has 0 saturated heterocycles. The number of esters is 1. The summed E-state index contributed by atoms with van der Waals surface area (Å²) in [7, 11) is 1.76. The first kappa shape index (κ1) is 20.0. The molecule has 1 aromatic heterocycles. The zero-order chi connectivity index (χ0) is 20.6. The highest BCUT2D eigenvalue weighted by molar-refractivity contribution is 5.83. The van der Waals surface area contributed by atoms with Gasteiger partial charge in [0.25, 0.3) is 0 Å². The smallest absolute Gasteiger partial charge is 0.306 e. The van der Waals surface area contributed by atoms with Crippen LogP contribution < -0.4 is 4.74 Å². The van der Waals surface area contributed by atoms with Gasteiger partial charge < -0.3 is 19.1 Å². The minimum atomic E-state index is -0.476. The van der Waals surface area contributed by atoms with Gasteiger partial charge in [-0.25, -0.2) is 4.98 Å². The number of benzene rings is 2. The average Bonchev–Trinajstić information content (AvgIpc) is 3.07. The first-order valence-electron chi connectivity index (χ1n) is 9.17. The Bertz CT molecular complexity index is 1060. The van der Waals surface area contributed by atoms with Crippen molar-refractivity contribution in [3.05, 3.63) is 66.2 Å². The number of imidazole rings is 1. The van der Waals surface area contributed by atoms with E-state index in [2.05, 4.69) is 4.98 Å². The van der Waals surface area contributed by atoms with Gasteiger partial charge >= 0.3 is 5.97 Å². The lowest BCUT2D eigenvalue weighted by Gasteiger charge is -2.08. The molecule has 7 heteroatoms. The minimum absolute atomic E-state index is 0.0242. The van der Waals surface area contributed by atoms with Gasteiger partial charge in [-0.1, -0.05) is 30.3 Å². The van der Waals surface area contributed by atoms with Crippen LogP contribution in [0.5, 0.6) is 5.75 Å². The number of aryl methyl sites for hydroxylation is 1. The van der Waals surface area contributed by atoms with Crippen LogP contribution in [0.3, 0.4) is 0 Å². The van der Waals surface area contributed by atoms with E-state index in [0.29, 0.717) is 24.4 Å². The minimum Gasteiger partial charge on any atom is -0.507 e. The quantitative estimate of drug-likeness (QED) is 0.272. The molecule has 1 N–H and O–H groups in total. The van der Waals surface area contributed by atoms with Crippen LogP contribution in [0.1, 0.15) is 18.7 Å². The number of aromatic nitrogens is 2. The SMILES string of the molecule is Cn1c(/C(C#N)=C(\O)COC(=O)CCCOc2ccccc2)nc2ccccc21. The molecule has 148 valence electrons. The lowest BCUT2D eigenvalue weighted by molar-refractivity contribution is -0.143. The molecule has 7 nitrogen and oxygen atoms in total. The number of aliphatic hydroxyl groups excluding tert-OH is 1. The number of fused-ring (bicyclic) bond motifs is 1. The highest BCUT2D eigenvalue weighted by Crippen LogP contribution is 2.22. The maximum absolute atomic E-state index is 11.9. The second-order valence-corrected chi connectivity index (χ2v) is 6.34. The van der Waals surface area contributed by atoms with Crippen LogP contribution in [0.15, 0.2) is 60.4 Å². The second-order valence-electron chi connectivity index (χ2n) is 6.34. The summed E-state index contributed by atoms with van der Waals surface area (Å²) in [5.41, 5.74) is 1.52. The van der Waals surface area contributed by atoms with Crippen LogP contribution >= 0.6 is 0 Å². The number of para-hydroxylation sites is 3. The van der Waals surface area contributed by atoms with Crippen molar-refractivity contribution in [1.29, 1.82) is 5.26 Å². The van der Waals surface area contributed by atoms with E-state index < -0.39 is 5.97 Å². The molecule has 0 unspecified atom stereocenters. The van der Waals surface area contributed by atoms with E-state index in [0.717, 1.165) is 11.3 Å². The third kappa shape index (κ3) is 4.93. The van der Waals surface area contributed by atoms with Gasteiger partial charge in [0.2, 0.25) is 0 Å². The summed E-state index contributed by atoms with van der Waals surface area (Å²) in [6, 6.07) is 18.7. The second kappa shape index (κ2) is 9.42. The summed E-state index contributed by atoms with van der Waals surface area (Å²) < 4.78 is 12.3. The van der Waals surface area contributed by atoms with Crippen LogP contribution in [0.4, 0.5) is 0 Å². The third-order valence-electron chi connectivity index (χ3n) is 4.32. The fourth-order valence-electron chi connectivity index (χ4n) is 2.83. The average molecular weight is 391 g/mol. The van der Waals surface area contributed by atoms with Crippen molar-refractivity contribution in [2.24, 2.45) is 7.05 Å². The van der Waals surface area contributed by atoms with E-state index in [1.165, 1.54) is 0 Å². The summed E-state index contributed by atoms with van der Waals surface area (Å²) in [4.78, 5) is 16.3. The number of ether oxygens (including phenoxy) is 2. The Kier molecular flexibility index (Phi) is 6.48. The zero-order valence-electron chi connectivity index (χ0n) is 16.0. The van der Waals surface area contributed by atoms with Crippen LogP contribution in [0, 0.1) is 11.3 Å². The number of nitriles is 1. The first-order valence-corrected chi connectivity index (χ1v) is 9.17. The fourth-order valence-corrected chi connectivity index (χ4v) is 2.83. The van der Waals surface area contributed by atoms with Crippen molar-refractivity contribution in [2.75, 3.05) is 13.2 Å². The summed E-state index contributed by atoms with van der Waals surface area (Å²) in [5.74, 6) is 0.247. The van der Waals surface area contributed by atoms with E-state index in [1.54, 1.807) is 11.6 Å². The monoisotopic (exact) mass is 391 g/mol. The Morgan fingerprint density at radius 2 is 1.90 bits per heavy atom. The normalized spacial score (nSPS) is 11.6. The van der Waals surface area contributed by atoms with Gasteiger partial charge in [0.05, 0.1) is 17.6 Å². The molecule has 0 bridgehead atoms. The molecular formula is C22H21N3O4. The largest absolute Gasteiger partial charge is 0.507 e. The number of nitrogens with zero attached hydrogens (tertiary/aromatic N) is 3. The standard InChI is InChI=1S/C22H21N3O4/c1-25-19-11-6-5-10-18(19)24-22(25)17(14-23)20(26)15-29-21(27)12-7-13-28-16-8-3-2-4-9-16/h2-6,8-11,26H,7,12-13,15H2,1H3/b20-17-. The number of rotatable bonds is 8. The van der Waals surface area contributed by atoms with Crippen LogP contribution in [0.2, 0.25) is 0 Å². The number of hydrogen-bond donors (Lipinski definition) is 1. The Labute approximate surface area is 168 Å². The maximum Gasteiger partial charge on any atom is 0.306 e. The molecule has 0 amide bonds. The van der Waals surface area contributed by atoms with Crippen molar-refractivity contribution >= 4 is 22.6 Å². The van der Waals surface area contributed by atoms with E-state index in [-0.39, 0.29) is 24.4 Å². The molecule has 0 spiro atoms. The lowest BCUT2D eigenvalue weighted by atomic mass is 10.2. The van der Waals surface area contributed by atoms with Crippen molar-refractivity contribution in [3.63, 3.8) is 0 Å². The van der Waals surface area contributed by atoms with Crippen molar-refractivity contribution in [1.82, 2.24) is 9.55 Å². The predicted molar refractivity (Wildman–Crippen MR) is 108 cm³/mol. The molecule has 0 aliphatic carbocycles. The molecule has 0 aliphatic heterocycles. The molecule has 0 saturated carbocycles. The summed E-state index contributed by atoms with van der Waals surface area (Å²) in [5, 5.41) is 19.8. The number of allylic oxidation sites excluding steroid dienone is 1. The molecule has 0 atom stereocenters. The van der Waals surface area contributed by atoms with E-state index in [4.69, 9.17) is 9.47 Å². The summed E-state index contributed by atoms with van der Waals surface area (Å²) in [6.07, 6.45) is 0.627. The molecule has 0 aliphatic rings. The van der Waals surface area contributed by atoms with Gasteiger partial charge in [0.15, 0.2) is 11.6 Å². The van der Waals surface area contributed by atoms with Crippen LogP contribution in [-0.2, 0) is 16.6 Å². The number of carbonyl (C=O) groups excluding carboxylic acids is 1. The molecule has 0 fully saturated rings.